The molecule has 58 heavy (non-hydrogen) atoms. The second-order valence-corrected chi connectivity index (χ2v) is 24.4. The van der Waals surface area contributed by atoms with Gasteiger partial charge in [-0.1, -0.05) is 117 Å². The summed E-state index contributed by atoms with van der Waals surface area (Å²) in [5, 5.41) is 0.914. The van der Waals surface area contributed by atoms with Crippen molar-refractivity contribution in [1.29, 1.82) is 0 Å². The number of hydrogen-bond donors (Lipinski definition) is 0. The van der Waals surface area contributed by atoms with Gasteiger partial charge in [0, 0.05) is 46.1 Å². The maximum absolute atomic E-state index is 14.1. The van der Waals surface area contributed by atoms with Crippen molar-refractivity contribution in [2.45, 2.75) is 175 Å². The first-order valence-corrected chi connectivity index (χ1v) is 22.8. The molecule has 4 aliphatic rings. The fourth-order valence-corrected chi connectivity index (χ4v) is 11.9. The van der Waals surface area contributed by atoms with E-state index >= 15 is 0 Å². The van der Waals surface area contributed by atoms with Crippen LogP contribution in [0.1, 0.15) is 216 Å². The molecule has 2 aliphatic heterocycles. The van der Waals surface area contributed by atoms with Gasteiger partial charge in [-0.2, -0.15) is 0 Å². The Bertz CT molecular complexity index is 1940. The number of imide groups is 2. The molecule has 2 aliphatic carbocycles. The quantitative estimate of drug-likeness (QED) is 0.168. The van der Waals surface area contributed by atoms with Crippen LogP contribution in [0.2, 0.25) is 0 Å². The molecule has 4 amide bonds. The third-order valence-corrected chi connectivity index (χ3v) is 18.4. The van der Waals surface area contributed by atoms with Gasteiger partial charge in [0.1, 0.15) is 0 Å². The molecule has 0 aromatic heterocycles. The fourth-order valence-electron chi connectivity index (χ4n) is 11.9. The Morgan fingerprint density at radius 1 is 0.552 bits per heavy atom. The molecule has 0 saturated heterocycles. The van der Waals surface area contributed by atoms with E-state index in [4.69, 9.17) is 0 Å². The molecule has 0 N–H and O–H groups in total. The van der Waals surface area contributed by atoms with Crippen molar-refractivity contribution in [3.05, 3.63) is 46.5 Å². The Labute approximate surface area is 352 Å². The first kappa shape index (κ1) is 44.5. The summed E-state index contributed by atoms with van der Waals surface area (Å²) in [5.41, 5.74) is 3.53. The number of carbonyl (C=O) groups is 4. The summed E-state index contributed by atoms with van der Waals surface area (Å²) < 4.78 is 0. The van der Waals surface area contributed by atoms with Crippen LogP contribution in [0.5, 0.6) is 0 Å². The topological polar surface area (TPSA) is 74.8 Å². The molecule has 2 heterocycles. The number of rotatable bonds is 15. The van der Waals surface area contributed by atoms with Gasteiger partial charge in [-0.3, -0.25) is 29.0 Å². The molecule has 0 bridgehead atoms. The van der Waals surface area contributed by atoms with Crippen LogP contribution in [0.3, 0.4) is 0 Å². The van der Waals surface area contributed by atoms with Gasteiger partial charge in [0.15, 0.2) is 0 Å². The Morgan fingerprint density at radius 3 is 1.26 bits per heavy atom. The minimum atomic E-state index is -0.336. The fraction of sp³-hybridized carbons (Fsp3) is 0.731. The predicted octanol–water partition coefficient (Wildman–Crippen LogP) is 13.4. The molecule has 7 unspecified atom stereocenters. The van der Waals surface area contributed by atoms with Gasteiger partial charge in [-0.25, -0.2) is 0 Å². The summed E-state index contributed by atoms with van der Waals surface area (Å²) in [5.74, 6) is -0.656. The second kappa shape index (κ2) is 14.3. The average molecular weight is 795 g/mol. The van der Waals surface area contributed by atoms with Crippen molar-refractivity contribution < 1.29 is 19.2 Å². The van der Waals surface area contributed by atoms with Crippen molar-refractivity contribution in [3.8, 4) is 0 Å². The highest BCUT2D eigenvalue weighted by atomic mass is 16.2. The highest BCUT2D eigenvalue weighted by molar-refractivity contribution is 6.33. The largest absolute Gasteiger partial charge is 0.274 e. The van der Waals surface area contributed by atoms with Crippen LogP contribution in [0.15, 0.2) is 24.3 Å². The smallest absolute Gasteiger partial charge is 0.261 e. The maximum atomic E-state index is 14.1. The summed E-state index contributed by atoms with van der Waals surface area (Å²) in [6.45, 7) is 38.8. The van der Waals surface area contributed by atoms with E-state index < -0.39 is 0 Å². The third-order valence-electron chi connectivity index (χ3n) is 18.4. The van der Waals surface area contributed by atoms with Gasteiger partial charge in [0.2, 0.25) is 0 Å². The highest BCUT2D eigenvalue weighted by Gasteiger charge is 2.62. The summed E-state index contributed by atoms with van der Waals surface area (Å²) in [7, 11) is 0. The Hall–Kier alpha value is -3.02. The van der Waals surface area contributed by atoms with E-state index in [1.807, 2.05) is 0 Å². The van der Waals surface area contributed by atoms with Gasteiger partial charge in [0.25, 0.3) is 23.6 Å². The van der Waals surface area contributed by atoms with Crippen LogP contribution in [0.4, 0.5) is 0 Å². The van der Waals surface area contributed by atoms with Crippen LogP contribution in [0.25, 0.3) is 10.8 Å². The van der Waals surface area contributed by atoms with Crippen molar-refractivity contribution >= 4 is 34.4 Å². The molecule has 2 aromatic carbocycles. The summed E-state index contributed by atoms with van der Waals surface area (Å²) in [4.78, 5) is 59.2. The Kier molecular flexibility index (Phi) is 11.0. The van der Waals surface area contributed by atoms with E-state index in [1.165, 1.54) is 41.9 Å². The number of amides is 4. The maximum Gasteiger partial charge on any atom is 0.261 e. The average Bonchev–Trinajstić information content (AvgIpc) is 3.64. The van der Waals surface area contributed by atoms with Gasteiger partial charge in [-0.15, -0.1) is 0 Å². The first-order chi connectivity index (χ1) is 26.5. The van der Waals surface area contributed by atoms with E-state index in [1.54, 1.807) is 24.3 Å². The molecule has 2 aromatic rings. The second-order valence-electron chi connectivity index (χ2n) is 24.4. The number of hydrogen-bond acceptors (Lipinski definition) is 4. The SMILES string of the molecule is CCC(C)(CC1(C)CCC1(C)CC(C)CCN1C(=O)c2ccc3c4c(ccc(c24)C1=O)C(=O)N(CCC(C)CC1(C)CC1(C)CC(C)(C)C(C)(C)C)C3=O)C(C)(C)C. The molecule has 320 valence electrons. The molecule has 6 nitrogen and oxygen atoms in total. The van der Waals surface area contributed by atoms with Crippen molar-refractivity contribution in [1.82, 2.24) is 9.80 Å². The standard InChI is InChI=1S/C52H78N2O4/c1-17-48(12,46(7,8)9)31-50(14)25-24-49(50,13)28-33(2)22-26-53-41(55)35-18-20-37-40-38(21-19-36(39(35)40)42(53)56)44(58)54(43(37)57)27-23-34(3)29-51(15)32-52(51,16)30-47(10,11)45(4,5)6/h18-21,33-34H,17,22-32H2,1-16H3. The van der Waals surface area contributed by atoms with E-state index in [9.17, 15) is 19.2 Å². The third kappa shape index (κ3) is 7.20. The molecule has 6 heteroatoms. The van der Waals surface area contributed by atoms with Crippen molar-refractivity contribution in [2.24, 2.45) is 55.2 Å². The molecule has 6 rings (SSSR count). The van der Waals surface area contributed by atoms with E-state index in [2.05, 4.69) is 111 Å². The van der Waals surface area contributed by atoms with E-state index in [-0.39, 0.29) is 66.9 Å². The van der Waals surface area contributed by atoms with Crippen molar-refractivity contribution in [3.63, 3.8) is 0 Å². The Balaban J connectivity index is 1.11. The van der Waals surface area contributed by atoms with E-state index in [0.29, 0.717) is 58.0 Å². The highest BCUT2D eigenvalue weighted by Crippen LogP contribution is 2.71. The van der Waals surface area contributed by atoms with Gasteiger partial charge in [-0.05, 0) is 137 Å². The van der Waals surface area contributed by atoms with Gasteiger partial charge in [0.05, 0.1) is 0 Å². The number of benzene rings is 2. The van der Waals surface area contributed by atoms with Crippen LogP contribution >= 0.6 is 0 Å². The molecule has 2 saturated carbocycles. The van der Waals surface area contributed by atoms with Crippen LogP contribution in [0, 0.1) is 55.2 Å². The molecule has 7 atom stereocenters. The molecule has 0 spiro atoms. The zero-order chi connectivity index (χ0) is 43.4. The summed E-state index contributed by atoms with van der Waals surface area (Å²) in [6.07, 6.45) is 10.8. The zero-order valence-electron chi connectivity index (χ0n) is 39.5. The van der Waals surface area contributed by atoms with Crippen LogP contribution < -0.4 is 0 Å². The van der Waals surface area contributed by atoms with Gasteiger partial charge < -0.3 is 0 Å². The monoisotopic (exact) mass is 795 g/mol. The molecular formula is C52H78N2O4. The van der Waals surface area contributed by atoms with Crippen molar-refractivity contribution in [2.75, 3.05) is 13.1 Å². The lowest BCUT2D eigenvalue weighted by Crippen LogP contribution is -2.52. The predicted molar refractivity (Wildman–Crippen MR) is 238 cm³/mol. The normalized spacial score (nSPS) is 29.4. The van der Waals surface area contributed by atoms with Gasteiger partial charge >= 0.3 is 0 Å². The zero-order valence-corrected chi connectivity index (χ0v) is 39.5. The minimum absolute atomic E-state index is 0.216. The van der Waals surface area contributed by atoms with E-state index in [0.717, 1.165) is 32.1 Å². The van der Waals surface area contributed by atoms with Crippen LogP contribution in [-0.2, 0) is 0 Å². The van der Waals surface area contributed by atoms with Crippen LogP contribution in [-0.4, -0.2) is 46.5 Å². The minimum Gasteiger partial charge on any atom is -0.274 e. The summed E-state index contributed by atoms with van der Waals surface area (Å²) >= 11 is 0. The lowest BCUT2D eigenvalue weighted by Gasteiger charge is -2.62. The Morgan fingerprint density at radius 2 is 0.931 bits per heavy atom. The number of carbonyl (C=O) groups excluding carboxylic acids is 4. The number of nitrogens with zero attached hydrogens (tertiary/aromatic N) is 2. The molecular weight excluding hydrogens is 717 g/mol. The lowest BCUT2D eigenvalue weighted by molar-refractivity contribution is -0.117. The molecule has 2 fully saturated rings. The lowest BCUT2D eigenvalue weighted by atomic mass is 9.43. The first-order valence-electron chi connectivity index (χ1n) is 22.8. The molecule has 0 radical (unpaired) electrons. The summed E-state index contributed by atoms with van der Waals surface area (Å²) in [6, 6.07) is 6.83.